The molecule has 0 radical (unpaired) electrons. The Balaban J connectivity index is 1.67. The Morgan fingerprint density at radius 1 is 1.27 bits per heavy atom. The summed E-state index contributed by atoms with van der Waals surface area (Å²) in [7, 11) is 0. The summed E-state index contributed by atoms with van der Waals surface area (Å²) < 4.78 is 0.847. The average molecular weight is 359 g/mol. The molecule has 1 N–H and O–H groups in total. The lowest BCUT2D eigenvalue weighted by Gasteiger charge is -2.08. The second-order valence-corrected chi connectivity index (χ2v) is 6.04. The lowest BCUT2D eigenvalue weighted by atomic mass is 10.0. The van der Waals surface area contributed by atoms with Gasteiger partial charge in [0, 0.05) is 10.9 Å². The van der Waals surface area contributed by atoms with Crippen molar-refractivity contribution in [3.8, 4) is 0 Å². The maximum absolute atomic E-state index is 12.3. The second kappa shape index (κ2) is 6.32. The molecule has 0 fully saturated rings. The highest BCUT2D eigenvalue weighted by Gasteiger charge is 2.27. The minimum atomic E-state index is -0.233. The first-order valence-electron chi connectivity index (χ1n) is 6.98. The van der Waals surface area contributed by atoms with E-state index in [2.05, 4.69) is 26.4 Å². The SMILES string of the molecule is Cc1ccc(NC(=O)C2=NO[C@H](c3ccccc3)C2)c(Br)c1. The summed E-state index contributed by atoms with van der Waals surface area (Å²) in [6, 6.07) is 15.5. The first-order valence-corrected chi connectivity index (χ1v) is 7.78. The molecule has 0 aliphatic carbocycles. The highest BCUT2D eigenvalue weighted by Crippen LogP contribution is 2.28. The van der Waals surface area contributed by atoms with Crippen LogP contribution >= 0.6 is 15.9 Å². The number of hydrogen-bond acceptors (Lipinski definition) is 3. The summed E-state index contributed by atoms with van der Waals surface area (Å²) in [5.74, 6) is -0.233. The van der Waals surface area contributed by atoms with Gasteiger partial charge in [0.05, 0.1) is 5.69 Å². The Kier molecular flexibility index (Phi) is 4.24. The van der Waals surface area contributed by atoms with Gasteiger partial charge in [-0.05, 0) is 46.1 Å². The van der Waals surface area contributed by atoms with E-state index in [-0.39, 0.29) is 12.0 Å². The standard InChI is InChI=1S/C17H15BrN2O2/c1-11-7-8-14(13(18)9-11)19-17(21)15-10-16(22-20-15)12-5-3-2-4-6-12/h2-9,16H,10H2,1H3,(H,19,21)/t16-/m0/s1. The van der Waals surface area contributed by atoms with Crippen LogP contribution in [0.3, 0.4) is 0 Å². The molecule has 1 aliphatic rings. The van der Waals surface area contributed by atoms with Crippen LogP contribution in [-0.4, -0.2) is 11.6 Å². The Morgan fingerprint density at radius 3 is 2.77 bits per heavy atom. The number of carbonyl (C=O) groups is 1. The zero-order valence-corrected chi connectivity index (χ0v) is 13.6. The van der Waals surface area contributed by atoms with E-state index in [0.717, 1.165) is 21.3 Å². The van der Waals surface area contributed by atoms with Crippen molar-refractivity contribution in [2.45, 2.75) is 19.4 Å². The fraction of sp³-hybridized carbons (Fsp3) is 0.176. The number of anilines is 1. The minimum Gasteiger partial charge on any atom is -0.387 e. The van der Waals surface area contributed by atoms with Crippen LogP contribution < -0.4 is 5.32 Å². The predicted molar refractivity (Wildman–Crippen MR) is 89.8 cm³/mol. The van der Waals surface area contributed by atoms with Gasteiger partial charge in [-0.2, -0.15) is 0 Å². The van der Waals surface area contributed by atoms with Crippen molar-refractivity contribution in [1.29, 1.82) is 0 Å². The predicted octanol–water partition coefficient (Wildman–Crippen LogP) is 4.21. The number of hydrogen-bond donors (Lipinski definition) is 1. The molecular weight excluding hydrogens is 344 g/mol. The van der Waals surface area contributed by atoms with Gasteiger partial charge in [-0.15, -0.1) is 0 Å². The third kappa shape index (κ3) is 3.20. The van der Waals surface area contributed by atoms with Crippen LogP contribution in [0.2, 0.25) is 0 Å². The lowest BCUT2D eigenvalue weighted by molar-refractivity contribution is -0.110. The molecule has 5 heteroatoms. The van der Waals surface area contributed by atoms with Crippen molar-refractivity contribution in [2.75, 3.05) is 5.32 Å². The summed E-state index contributed by atoms with van der Waals surface area (Å²) in [5.41, 5.74) is 3.27. The van der Waals surface area contributed by atoms with Crippen molar-refractivity contribution in [1.82, 2.24) is 0 Å². The molecule has 0 bridgehead atoms. The van der Waals surface area contributed by atoms with Crippen LogP contribution in [0.4, 0.5) is 5.69 Å². The van der Waals surface area contributed by atoms with Crippen LogP contribution in [0.25, 0.3) is 0 Å². The van der Waals surface area contributed by atoms with Crippen molar-refractivity contribution in [3.63, 3.8) is 0 Å². The van der Waals surface area contributed by atoms with Gasteiger partial charge < -0.3 is 10.2 Å². The number of oxime groups is 1. The van der Waals surface area contributed by atoms with E-state index in [1.165, 1.54) is 0 Å². The Labute approximate surface area is 137 Å². The normalized spacial score (nSPS) is 16.8. The number of rotatable bonds is 3. The Morgan fingerprint density at radius 2 is 2.05 bits per heavy atom. The van der Waals surface area contributed by atoms with E-state index in [0.29, 0.717) is 12.1 Å². The summed E-state index contributed by atoms with van der Waals surface area (Å²) in [5, 5.41) is 6.78. The highest BCUT2D eigenvalue weighted by molar-refractivity contribution is 9.10. The van der Waals surface area contributed by atoms with E-state index in [1.807, 2.05) is 55.5 Å². The number of carbonyl (C=O) groups excluding carboxylic acids is 1. The average Bonchev–Trinajstić information content (AvgIpc) is 3.01. The monoisotopic (exact) mass is 358 g/mol. The van der Waals surface area contributed by atoms with Gasteiger partial charge in [-0.3, -0.25) is 4.79 Å². The molecule has 2 aromatic carbocycles. The largest absolute Gasteiger partial charge is 0.387 e. The molecule has 22 heavy (non-hydrogen) atoms. The van der Waals surface area contributed by atoms with Crippen molar-refractivity contribution in [2.24, 2.45) is 5.16 Å². The zero-order chi connectivity index (χ0) is 15.5. The number of benzene rings is 2. The third-order valence-electron chi connectivity index (χ3n) is 3.48. The molecule has 1 heterocycles. The second-order valence-electron chi connectivity index (χ2n) is 5.18. The molecule has 112 valence electrons. The number of nitrogens with one attached hydrogen (secondary N) is 1. The number of amides is 1. The Hall–Kier alpha value is -2.14. The first-order chi connectivity index (χ1) is 10.6. The fourth-order valence-corrected chi connectivity index (χ4v) is 2.87. The van der Waals surface area contributed by atoms with Gasteiger partial charge in [0.15, 0.2) is 6.10 Å². The molecule has 3 rings (SSSR count). The summed E-state index contributed by atoms with van der Waals surface area (Å²) >= 11 is 3.45. The van der Waals surface area contributed by atoms with Crippen LogP contribution in [0, 0.1) is 6.92 Å². The molecule has 0 unspecified atom stereocenters. The van der Waals surface area contributed by atoms with Crippen molar-refractivity contribution in [3.05, 3.63) is 64.1 Å². The molecule has 0 saturated heterocycles. The first kappa shape index (κ1) is 14.8. The molecule has 0 aromatic heterocycles. The molecule has 0 spiro atoms. The van der Waals surface area contributed by atoms with Crippen LogP contribution in [0.1, 0.15) is 23.7 Å². The molecule has 0 saturated carbocycles. The van der Waals surface area contributed by atoms with Gasteiger partial charge in [-0.25, -0.2) is 0 Å². The topological polar surface area (TPSA) is 50.7 Å². The van der Waals surface area contributed by atoms with Gasteiger partial charge in [-0.1, -0.05) is 41.6 Å². The third-order valence-corrected chi connectivity index (χ3v) is 4.13. The summed E-state index contributed by atoms with van der Waals surface area (Å²) in [4.78, 5) is 17.7. The van der Waals surface area contributed by atoms with Gasteiger partial charge in [0.1, 0.15) is 5.71 Å². The molecular formula is C17H15BrN2O2. The minimum absolute atomic E-state index is 0.191. The Bertz CT molecular complexity index is 729. The lowest BCUT2D eigenvalue weighted by Crippen LogP contribution is -2.22. The zero-order valence-electron chi connectivity index (χ0n) is 12.0. The van der Waals surface area contributed by atoms with Crippen molar-refractivity contribution >= 4 is 33.2 Å². The molecule has 1 atom stereocenters. The van der Waals surface area contributed by atoms with Gasteiger partial charge in [0.2, 0.25) is 0 Å². The smallest absolute Gasteiger partial charge is 0.273 e. The van der Waals surface area contributed by atoms with Gasteiger partial charge in [0.25, 0.3) is 5.91 Å². The van der Waals surface area contributed by atoms with Crippen LogP contribution in [-0.2, 0) is 9.63 Å². The van der Waals surface area contributed by atoms with E-state index < -0.39 is 0 Å². The number of nitrogens with zero attached hydrogens (tertiary/aromatic N) is 1. The van der Waals surface area contributed by atoms with E-state index >= 15 is 0 Å². The molecule has 2 aromatic rings. The van der Waals surface area contributed by atoms with Crippen LogP contribution in [0.5, 0.6) is 0 Å². The van der Waals surface area contributed by atoms with Gasteiger partial charge >= 0.3 is 0 Å². The fourth-order valence-electron chi connectivity index (χ4n) is 2.27. The maximum atomic E-state index is 12.3. The number of aryl methyl sites for hydroxylation is 1. The van der Waals surface area contributed by atoms with E-state index in [9.17, 15) is 4.79 Å². The van der Waals surface area contributed by atoms with Crippen molar-refractivity contribution < 1.29 is 9.63 Å². The van der Waals surface area contributed by atoms with E-state index in [1.54, 1.807) is 0 Å². The molecule has 1 amide bonds. The maximum Gasteiger partial charge on any atom is 0.273 e. The van der Waals surface area contributed by atoms with E-state index in [4.69, 9.17) is 4.84 Å². The number of halogens is 1. The molecule has 4 nitrogen and oxygen atoms in total. The summed E-state index contributed by atoms with van der Waals surface area (Å²) in [6.07, 6.45) is 0.280. The quantitative estimate of drug-likeness (QED) is 0.892. The summed E-state index contributed by atoms with van der Waals surface area (Å²) in [6.45, 7) is 2.00. The van der Waals surface area contributed by atoms with Crippen LogP contribution in [0.15, 0.2) is 58.2 Å². The highest BCUT2D eigenvalue weighted by atomic mass is 79.9. The molecule has 1 aliphatic heterocycles.